The van der Waals surface area contributed by atoms with Crippen molar-refractivity contribution in [3.63, 3.8) is 0 Å². The number of carbonyl (C=O) groups is 1. The van der Waals surface area contributed by atoms with Gasteiger partial charge in [-0.25, -0.2) is 15.0 Å². The summed E-state index contributed by atoms with van der Waals surface area (Å²) in [5, 5.41) is 20.8. The number of benzene rings is 1. The molecule has 3 aromatic rings. The molecule has 1 aliphatic rings. The number of aromatic nitrogens is 4. The number of nitrogens with two attached hydrogens (primary N) is 1. The zero-order valence-electron chi connectivity index (χ0n) is 16.2. The zero-order chi connectivity index (χ0) is 22.3. The molecule has 12 nitrogen and oxygen atoms in total. The number of nitrogens with zero attached hydrogens (tertiary/aromatic N) is 4. The number of Topliss-reactive ketones (excluding diaryl/α,β-unsaturated/α-hetero) is 1. The van der Waals surface area contributed by atoms with Crippen LogP contribution >= 0.6 is 0 Å². The lowest BCUT2D eigenvalue weighted by Gasteiger charge is -2.16. The first kappa shape index (κ1) is 21.3. The largest absolute Gasteiger partial charge is 0.387 e. The van der Waals surface area contributed by atoms with Gasteiger partial charge in [-0.2, -0.15) is 8.42 Å². The summed E-state index contributed by atoms with van der Waals surface area (Å²) in [4.78, 5) is 23.1. The van der Waals surface area contributed by atoms with E-state index in [0.29, 0.717) is 11.1 Å². The van der Waals surface area contributed by atoms with Crippen LogP contribution in [-0.4, -0.2) is 68.9 Å². The van der Waals surface area contributed by atoms with E-state index in [1.165, 1.54) is 48.4 Å². The minimum atomic E-state index is -4.18. The van der Waals surface area contributed by atoms with E-state index in [4.69, 9.17) is 14.7 Å². The first-order chi connectivity index (χ1) is 14.7. The average Bonchev–Trinajstić information content (AvgIpc) is 3.29. The van der Waals surface area contributed by atoms with E-state index in [2.05, 4.69) is 15.0 Å². The van der Waals surface area contributed by atoms with Crippen LogP contribution < -0.4 is 5.73 Å². The van der Waals surface area contributed by atoms with Crippen molar-refractivity contribution in [3.05, 3.63) is 42.5 Å². The fraction of sp³-hybridized carbons (Fsp3) is 0.333. The Bertz CT molecular complexity index is 1230. The van der Waals surface area contributed by atoms with E-state index in [9.17, 15) is 23.4 Å². The molecule has 0 radical (unpaired) electrons. The second-order valence-corrected chi connectivity index (χ2v) is 8.56. The monoisotopic (exact) mass is 449 g/mol. The number of ketones is 1. The van der Waals surface area contributed by atoms with Crippen LogP contribution in [0.3, 0.4) is 0 Å². The summed E-state index contributed by atoms with van der Waals surface area (Å²) in [6, 6.07) is 5.24. The number of imidazole rings is 1. The standard InChI is InChI=1S/C18H19N5O7S/c1-9(24)10-2-4-11(5-3-10)31(27,28)29-6-12-14(25)15(26)18(30-12)23-8-22-13-16(19)20-7-21-17(13)23/h2-5,7-8,12,14-15,18,25-26H,6H2,1H3,(H2,19,20,21). The van der Waals surface area contributed by atoms with Gasteiger partial charge in [0.25, 0.3) is 10.1 Å². The smallest absolute Gasteiger partial charge is 0.297 e. The van der Waals surface area contributed by atoms with Gasteiger partial charge in [0, 0.05) is 5.56 Å². The number of hydrogen-bond donors (Lipinski definition) is 3. The Kier molecular flexibility index (Phi) is 5.45. The molecule has 0 spiro atoms. The van der Waals surface area contributed by atoms with Gasteiger partial charge in [-0.05, 0) is 19.1 Å². The highest BCUT2D eigenvalue weighted by atomic mass is 32.2. The summed E-state index contributed by atoms with van der Waals surface area (Å²) in [6.07, 6.45) is -2.54. The first-order valence-corrected chi connectivity index (χ1v) is 10.5. The molecule has 0 bridgehead atoms. The molecular formula is C18H19N5O7S. The average molecular weight is 449 g/mol. The summed E-state index contributed by atoms with van der Waals surface area (Å²) in [5.74, 6) is -0.0648. The third kappa shape index (κ3) is 3.88. The van der Waals surface area contributed by atoms with Gasteiger partial charge >= 0.3 is 0 Å². The molecule has 164 valence electrons. The van der Waals surface area contributed by atoms with E-state index in [0.717, 1.165) is 0 Å². The van der Waals surface area contributed by atoms with Crippen LogP contribution in [0.15, 0.2) is 41.8 Å². The molecule has 2 aromatic heterocycles. The van der Waals surface area contributed by atoms with Gasteiger partial charge in [-0.15, -0.1) is 0 Å². The van der Waals surface area contributed by atoms with Gasteiger partial charge in [0.15, 0.2) is 23.5 Å². The molecule has 31 heavy (non-hydrogen) atoms. The molecule has 1 aliphatic heterocycles. The minimum absolute atomic E-state index is 0.138. The number of nitrogen functional groups attached to an aromatic ring is 1. The number of rotatable bonds is 6. The molecular weight excluding hydrogens is 430 g/mol. The van der Waals surface area contributed by atoms with Crippen LogP contribution in [0.2, 0.25) is 0 Å². The summed E-state index contributed by atoms with van der Waals surface area (Å²) in [6.45, 7) is 0.819. The summed E-state index contributed by atoms with van der Waals surface area (Å²) in [5.41, 5.74) is 6.68. The number of hydrogen-bond acceptors (Lipinski definition) is 11. The predicted molar refractivity (Wildman–Crippen MR) is 105 cm³/mol. The molecule has 0 amide bonds. The van der Waals surface area contributed by atoms with Crippen LogP contribution in [0.1, 0.15) is 23.5 Å². The van der Waals surface area contributed by atoms with Gasteiger partial charge in [-0.1, -0.05) is 12.1 Å². The zero-order valence-corrected chi connectivity index (χ0v) is 17.0. The maximum Gasteiger partial charge on any atom is 0.297 e. The van der Waals surface area contributed by atoms with E-state index < -0.39 is 41.3 Å². The Hall–Kier alpha value is -2.97. The molecule has 1 saturated heterocycles. The Morgan fingerprint density at radius 2 is 1.90 bits per heavy atom. The Morgan fingerprint density at radius 1 is 1.19 bits per heavy atom. The van der Waals surface area contributed by atoms with E-state index in [-0.39, 0.29) is 22.1 Å². The fourth-order valence-corrected chi connectivity index (χ4v) is 4.15. The van der Waals surface area contributed by atoms with Crippen molar-refractivity contribution >= 4 is 32.9 Å². The van der Waals surface area contributed by atoms with E-state index in [1.54, 1.807) is 0 Å². The summed E-state index contributed by atoms with van der Waals surface area (Å²) in [7, 11) is -4.18. The highest BCUT2D eigenvalue weighted by Crippen LogP contribution is 2.32. The van der Waals surface area contributed by atoms with Crippen molar-refractivity contribution in [2.24, 2.45) is 0 Å². The van der Waals surface area contributed by atoms with Crippen molar-refractivity contribution in [3.8, 4) is 0 Å². The molecule has 4 N–H and O–H groups in total. The predicted octanol–water partition coefficient (Wildman–Crippen LogP) is -0.364. The molecule has 4 unspecified atom stereocenters. The van der Waals surface area contributed by atoms with Crippen molar-refractivity contribution in [2.75, 3.05) is 12.3 Å². The molecule has 0 aliphatic carbocycles. The molecule has 3 heterocycles. The number of ether oxygens (including phenoxy) is 1. The van der Waals surface area contributed by atoms with Crippen LogP contribution in [0.25, 0.3) is 11.2 Å². The van der Waals surface area contributed by atoms with Gasteiger partial charge in [0.2, 0.25) is 0 Å². The van der Waals surface area contributed by atoms with Crippen LogP contribution in [0.4, 0.5) is 5.82 Å². The minimum Gasteiger partial charge on any atom is -0.387 e. The van der Waals surface area contributed by atoms with Crippen molar-refractivity contribution in [2.45, 2.75) is 36.4 Å². The molecule has 13 heteroatoms. The van der Waals surface area contributed by atoms with E-state index in [1.807, 2.05) is 0 Å². The first-order valence-electron chi connectivity index (χ1n) is 9.14. The maximum atomic E-state index is 12.4. The number of aliphatic hydroxyl groups is 2. The third-order valence-electron chi connectivity index (χ3n) is 4.94. The Labute approximate surface area is 176 Å². The third-order valence-corrected chi connectivity index (χ3v) is 6.23. The number of carbonyl (C=O) groups excluding carboxylic acids is 1. The molecule has 1 fully saturated rings. The van der Waals surface area contributed by atoms with Gasteiger partial charge in [0.05, 0.1) is 17.8 Å². The molecule has 4 rings (SSSR count). The topological polar surface area (TPSA) is 180 Å². The summed E-state index contributed by atoms with van der Waals surface area (Å²) < 4.78 is 36.9. The van der Waals surface area contributed by atoms with Gasteiger partial charge in [-0.3, -0.25) is 13.5 Å². The van der Waals surface area contributed by atoms with Crippen molar-refractivity contribution in [1.82, 2.24) is 19.5 Å². The van der Waals surface area contributed by atoms with Crippen LogP contribution in [0.5, 0.6) is 0 Å². The number of fused-ring (bicyclic) bond motifs is 1. The lowest BCUT2D eigenvalue weighted by atomic mass is 10.1. The van der Waals surface area contributed by atoms with Crippen molar-refractivity contribution < 1.29 is 32.3 Å². The Morgan fingerprint density at radius 3 is 2.58 bits per heavy atom. The number of anilines is 1. The second-order valence-electron chi connectivity index (χ2n) is 6.95. The molecule has 4 atom stereocenters. The van der Waals surface area contributed by atoms with Gasteiger partial charge < -0.3 is 20.7 Å². The van der Waals surface area contributed by atoms with Gasteiger partial charge in [0.1, 0.15) is 30.2 Å². The number of aliphatic hydroxyl groups excluding tert-OH is 2. The molecule has 0 saturated carbocycles. The van der Waals surface area contributed by atoms with Crippen molar-refractivity contribution in [1.29, 1.82) is 0 Å². The van der Waals surface area contributed by atoms with Crippen LogP contribution in [-0.2, 0) is 19.0 Å². The molecule has 1 aromatic carbocycles. The maximum absolute atomic E-state index is 12.4. The SMILES string of the molecule is CC(=O)c1ccc(S(=O)(=O)OCC2OC(n3cnc4c(N)ncnc43)C(O)C2O)cc1. The lowest BCUT2D eigenvalue weighted by Crippen LogP contribution is -2.34. The summed E-state index contributed by atoms with van der Waals surface area (Å²) >= 11 is 0. The normalized spacial score (nSPS) is 24.0. The van der Waals surface area contributed by atoms with E-state index >= 15 is 0 Å². The highest BCUT2D eigenvalue weighted by Gasteiger charge is 2.45. The fourth-order valence-electron chi connectivity index (χ4n) is 3.23. The second kappa shape index (κ2) is 7.94. The quantitative estimate of drug-likeness (QED) is 0.330. The lowest BCUT2D eigenvalue weighted by molar-refractivity contribution is -0.0467. The van der Waals surface area contributed by atoms with Crippen LogP contribution in [0, 0.1) is 0 Å². The Balaban J connectivity index is 1.49. The highest BCUT2D eigenvalue weighted by molar-refractivity contribution is 7.86.